The van der Waals surface area contributed by atoms with Crippen LogP contribution < -0.4 is 0 Å². The lowest BCUT2D eigenvalue weighted by Crippen LogP contribution is -2.37. The van der Waals surface area contributed by atoms with Gasteiger partial charge in [0.25, 0.3) is 0 Å². The smallest absolute Gasteiger partial charge is 0.430 e. The summed E-state index contributed by atoms with van der Waals surface area (Å²) in [4.78, 5) is 50.9. The molecule has 0 aromatic carbocycles. The molecule has 2 atom stereocenters. The highest BCUT2D eigenvalue weighted by molar-refractivity contribution is 6.26. The molecule has 7 nitrogen and oxygen atoms in total. The zero-order valence-electron chi connectivity index (χ0n) is 17.4. The van der Waals surface area contributed by atoms with Crippen LogP contribution in [0.15, 0.2) is 40.1 Å². The largest absolute Gasteiger partial charge is 0.463 e. The number of amides is 1. The third kappa shape index (κ3) is 7.97. The van der Waals surface area contributed by atoms with E-state index in [1.165, 1.54) is 12.3 Å². The summed E-state index contributed by atoms with van der Waals surface area (Å²) in [5.74, 6) is -3.40. The summed E-state index contributed by atoms with van der Waals surface area (Å²) >= 11 is 0. The minimum atomic E-state index is -1.45. The van der Waals surface area contributed by atoms with Crippen LogP contribution >= 0.6 is 0 Å². The SMILES string of the molecule is CCC/C(C)=C/C=C(\C)C(=O)[C@@H]1C(=O)C=C(C(C)CCC/C=N/C(=O)O)OC1=O. The molecule has 0 aliphatic carbocycles. The van der Waals surface area contributed by atoms with Gasteiger partial charge in [-0.3, -0.25) is 14.4 Å². The highest BCUT2D eigenvalue weighted by Crippen LogP contribution is 2.26. The van der Waals surface area contributed by atoms with Crippen LogP contribution in [0, 0.1) is 11.8 Å². The molecule has 0 spiro atoms. The number of carboxylic acid groups (broad SMARTS) is 1. The van der Waals surface area contributed by atoms with Gasteiger partial charge in [-0.05, 0) is 45.1 Å². The molecular weight excluding hydrogens is 374 g/mol. The Labute approximate surface area is 171 Å². The molecule has 1 aliphatic rings. The van der Waals surface area contributed by atoms with Crippen molar-refractivity contribution in [2.24, 2.45) is 16.8 Å². The average molecular weight is 403 g/mol. The maximum absolute atomic E-state index is 12.6. The molecule has 158 valence electrons. The lowest BCUT2D eigenvalue weighted by atomic mass is 9.90. The molecule has 29 heavy (non-hydrogen) atoms. The van der Waals surface area contributed by atoms with E-state index in [9.17, 15) is 19.2 Å². The molecule has 1 unspecified atom stereocenters. The van der Waals surface area contributed by atoms with Crippen LogP contribution in [0.25, 0.3) is 0 Å². The van der Waals surface area contributed by atoms with E-state index in [0.29, 0.717) is 24.8 Å². The molecule has 1 heterocycles. The molecule has 0 aromatic rings. The molecule has 0 saturated carbocycles. The Morgan fingerprint density at radius 1 is 1.28 bits per heavy atom. The number of ketones is 2. The van der Waals surface area contributed by atoms with Gasteiger partial charge in [-0.1, -0.05) is 38.0 Å². The Hall–Kier alpha value is -2.83. The van der Waals surface area contributed by atoms with E-state index in [0.717, 1.165) is 18.4 Å². The van der Waals surface area contributed by atoms with Gasteiger partial charge in [0, 0.05) is 18.2 Å². The number of hydrogen-bond donors (Lipinski definition) is 1. The Morgan fingerprint density at radius 2 is 1.97 bits per heavy atom. The van der Waals surface area contributed by atoms with Crippen LogP contribution in [-0.4, -0.2) is 35.0 Å². The van der Waals surface area contributed by atoms with Crippen molar-refractivity contribution in [3.63, 3.8) is 0 Å². The zero-order valence-corrected chi connectivity index (χ0v) is 17.4. The van der Waals surface area contributed by atoms with Gasteiger partial charge in [-0.25, -0.2) is 4.79 Å². The van der Waals surface area contributed by atoms with Gasteiger partial charge in [-0.2, -0.15) is 4.99 Å². The number of ether oxygens (including phenoxy) is 1. The van der Waals surface area contributed by atoms with Crippen molar-refractivity contribution in [3.8, 4) is 0 Å². The van der Waals surface area contributed by atoms with Gasteiger partial charge in [0.1, 0.15) is 5.76 Å². The number of Topliss-reactive ketones (excluding diaryl/α,β-unsaturated/α-hetero) is 1. The average Bonchev–Trinajstić information content (AvgIpc) is 2.64. The lowest BCUT2D eigenvalue weighted by Gasteiger charge is -2.23. The number of carbonyl (C=O) groups excluding carboxylic acids is 3. The molecular formula is C22H29NO6. The predicted octanol–water partition coefficient (Wildman–Crippen LogP) is 4.43. The monoisotopic (exact) mass is 403 g/mol. The highest BCUT2D eigenvalue weighted by atomic mass is 16.5. The number of cyclic esters (lactones) is 1. The number of nitrogens with zero attached hydrogens (tertiary/aromatic N) is 1. The zero-order chi connectivity index (χ0) is 22.0. The minimum Gasteiger partial charge on any atom is -0.463 e. The van der Waals surface area contributed by atoms with Crippen molar-refractivity contribution >= 4 is 29.8 Å². The van der Waals surface area contributed by atoms with Gasteiger partial charge < -0.3 is 9.84 Å². The molecule has 0 aromatic heterocycles. The molecule has 1 aliphatic heterocycles. The summed E-state index contributed by atoms with van der Waals surface area (Å²) in [5, 5.41) is 8.44. The van der Waals surface area contributed by atoms with Crippen LogP contribution in [0.5, 0.6) is 0 Å². The molecule has 1 rings (SSSR count). The molecule has 0 fully saturated rings. The standard InChI is InChI=1S/C22H29NO6/c1-5-8-14(2)10-11-16(4)20(25)19-17(24)13-18(29-21(19)26)15(3)9-6-7-12-23-22(27)28/h10-13,15,19H,5-9H2,1-4H3,(H,27,28)/b14-10+,16-11+,23-12+/t15?,19-/m0/s1. The van der Waals surface area contributed by atoms with E-state index in [1.807, 2.05) is 13.0 Å². The van der Waals surface area contributed by atoms with Crippen molar-refractivity contribution in [2.75, 3.05) is 0 Å². The van der Waals surface area contributed by atoms with Crippen LogP contribution in [-0.2, 0) is 19.1 Å². The van der Waals surface area contributed by atoms with Gasteiger partial charge in [0.05, 0.1) is 0 Å². The number of esters is 1. The fraction of sp³-hybridized carbons (Fsp3) is 0.500. The van der Waals surface area contributed by atoms with E-state index in [-0.39, 0.29) is 11.7 Å². The first kappa shape index (κ1) is 24.2. The van der Waals surface area contributed by atoms with Gasteiger partial charge in [-0.15, -0.1) is 0 Å². The molecule has 0 saturated heterocycles. The lowest BCUT2D eigenvalue weighted by molar-refractivity contribution is -0.152. The van der Waals surface area contributed by atoms with Crippen molar-refractivity contribution in [1.82, 2.24) is 0 Å². The van der Waals surface area contributed by atoms with Crippen LogP contribution in [0.2, 0.25) is 0 Å². The number of rotatable bonds is 10. The highest BCUT2D eigenvalue weighted by Gasteiger charge is 2.39. The molecule has 1 N–H and O–H groups in total. The summed E-state index contributed by atoms with van der Waals surface area (Å²) < 4.78 is 5.27. The topological polar surface area (TPSA) is 110 Å². The first-order chi connectivity index (χ1) is 13.7. The van der Waals surface area contributed by atoms with E-state index < -0.39 is 29.5 Å². The Kier molecular flexibility index (Phi) is 9.92. The van der Waals surface area contributed by atoms with Crippen molar-refractivity contribution < 1.29 is 29.0 Å². The Morgan fingerprint density at radius 3 is 2.55 bits per heavy atom. The second-order valence-corrected chi connectivity index (χ2v) is 7.21. The number of hydrogen-bond acceptors (Lipinski definition) is 5. The summed E-state index contributed by atoms with van der Waals surface area (Å²) in [6.07, 6.45) is 8.31. The van der Waals surface area contributed by atoms with E-state index >= 15 is 0 Å². The summed E-state index contributed by atoms with van der Waals surface area (Å²) in [5.41, 5.74) is 1.44. The second-order valence-electron chi connectivity index (χ2n) is 7.21. The van der Waals surface area contributed by atoms with E-state index in [1.54, 1.807) is 19.9 Å². The summed E-state index contributed by atoms with van der Waals surface area (Å²) in [7, 11) is 0. The normalized spacial score (nSPS) is 19.2. The number of aliphatic imine (C=N–C) groups is 1. The number of carbonyl (C=O) groups is 4. The number of allylic oxidation sites excluding steroid dienone is 6. The molecule has 7 heteroatoms. The molecule has 0 radical (unpaired) electrons. The second kappa shape index (κ2) is 11.9. The van der Waals surface area contributed by atoms with Crippen molar-refractivity contribution in [3.05, 3.63) is 35.1 Å². The van der Waals surface area contributed by atoms with Crippen LogP contribution in [0.4, 0.5) is 4.79 Å². The van der Waals surface area contributed by atoms with Crippen LogP contribution in [0.1, 0.15) is 59.8 Å². The molecule has 1 amide bonds. The Balaban J connectivity index is 2.76. The predicted molar refractivity (Wildman–Crippen MR) is 110 cm³/mol. The minimum absolute atomic E-state index is 0.214. The fourth-order valence-corrected chi connectivity index (χ4v) is 2.88. The fourth-order valence-electron chi connectivity index (χ4n) is 2.88. The van der Waals surface area contributed by atoms with E-state index in [4.69, 9.17) is 9.84 Å². The van der Waals surface area contributed by atoms with Gasteiger partial charge in [0.15, 0.2) is 17.5 Å². The summed E-state index contributed by atoms with van der Waals surface area (Å²) in [6, 6.07) is 0. The number of unbranched alkanes of at least 4 members (excludes halogenated alkanes) is 1. The van der Waals surface area contributed by atoms with Crippen molar-refractivity contribution in [1.29, 1.82) is 0 Å². The van der Waals surface area contributed by atoms with E-state index in [2.05, 4.69) is 11.9 Å². The first-order valence-electron chi connectivity index (χ1n) is 9.78. The van der Waals surface area contributed by atoms with Crippen molar-refractivity contribution in [2.45, 2.75) is 59.8 Å². The summed E-state index contributed by atoms with van der Waals surface area (Å²) in [6.45, 7) is 7.40. The maximum Gasteiger partial charge on any atom is 0.430 e. The Bertz CT molecular complexity index is 772. The maximum atomic E-state index is 12.6. The third-order valence-electron chi connectivity index (χ3n) is 4.59. The molecule has 0 bridgehead atoms. The van der Waals surface area contributed by atoms with Gasteiger partial charge in [0.2, 0.25) is 0 Å². The van der Waals surface area contributed by atoms with Gasteiger partial charge >= 0.3 is 12.1 Å². The first-order valence-corrected chi connectivity index (χ1v) is 9.78. The van der Waals surface area contributed by atoms with Crippen LogP contribution in [0.3, 0.4) is 0 Å². The third-order valence-corrected chi connectivity index (χ3v) is 4.59. The quantitative estimate of drug-likeness (QED) is 0.144.